The first kappa shape index (κ1) is 21.2. The molecule has 0 aliphatic heterocycles. The van der Waals surface area contributed by atoms with E-state index in [-0.39, 0.29) is 34.9 Å². The average molecular weight is 436 g/mol. The fourth-order valence-electron chi connectivity index (χ4n) is 3.19. The second-order valence-corrected chi connectivity index (χ2v) is 7.42. The molecule has 0 bridgehead atoms. The lowest BCUT2D eigenvalue weighted by atomic mass is 10.1. The number of rotatable bonds is 6. The van der Waals surface area contributed by atoms with Crippen LogP contribution in [0, 0.1) is 6.92 Å². The van der Waals surface area contributed by atoms with Crippen LogP contribution in [-0.4, -0.2) is 18.7 Å². The van der Waals surface area contributed by atoms with Crippen molar-refractivity contribution in [2.45, 2.75) is 26.9 Å². The van der Waals surface area contributed by atoms with Gasteiger partial charge < -0.3 is 23.0 Å². The van der Waals surface area contributed by atoms with Crippen LogP contribution in [0.2, 0.25) is 0 Å². The SMILES string of the molecule is Cc1cc(=O)oc2cc(Oc3coc4cc(OCC(=O)OC(C)C)ccc4c3=O)ccc12. The van der Waals surface area contributed by atoms with Crippen LogP contribution in [0.5, 0.6) is 17.2 Å². The summed E-state index contributed by atoms with van der Waals surface area (Å²) in [5, 5.41) is 1.05. The monoisotopic (exact) mass is 436 g/mol. The van der Waals surface area contributed by atoms with Crippen LogP contribution in [-0.2, 0) is 9.53 Å². The number of ether oxygens (including phenoxy) is 3. The van der Waals surface area contributed by atoms with Gasteiger partial charge in [-0.25, -0.2) is 9.59 Å². The van der Waals surface area contributed by atoms with Crippen LogP contribution in [0.3, 0.4) is 0 Å². The van der Waals surface area contributed by atoms with E-state index in [4.69, 9.17) is 23.0 Å². The minimum Gasteiger partial charge on any atom is -0.482 e. The average Bonchev–Trinajstić information content (AvgIpc) is 2.73. The summed E-state index contributed by atoms with van der Waals surface area (Å²) in [6.45, 7) is 5.05. The second kappa shape index (κ2) is 8.58. The molecular weight excluding hydrogens is 416 g/mol. The van der Waals surface area contributed by atoms with E-state index in [1.807, 2.05) is 6.92 Å². The Bertz CT molecular complexity index is 1430. The lowest BCUT2D eigenvalue weighted by molar-refractivity contribution is -0.149. The standard InChI is InChI=1S/C24H20O8/c1-13(2)30-23(26)12-28-15-4-7-18-19(9-15)29-11-21(24(18)27)31-16-5-6-17-14(3)8-22(25)32-20(17)10-16/h4-11,13H,12H2,1-3H3. The molecule has 0 saturated heterocycles. The zero-order valence-corrected chi connectivity index (χ0v) is 17.7. The summed E-state index contributed by atoms with van der Waals surface area (Å²) in [5.74, 6) is 0.157. The first-order chi connectivity index (χ1) is 15.3. The molecule has 0 aliphatic rings. The third kappa shape index (κ3) is 4.49. The maximum atomic E-state index is 12.8. The fraction of sp³-hybridized carbons (Fsp3) is 0.208. The molecular formula is C24H20O8. The highest BCUT2D eigenvalue weighted by Gasteiger charge is 2.13. The number of hydrogen-bond donors (Lipinski definition) is 0. The number of benzene rings is 2. The Kier molecular flexibility index (Phi) is 5.68. The van der Waals surface area contributed by atoms with Gasteiger partial charge in [0.2, 0.25) is 11.2 Å². The third-order valence-electron chi connectivity index (χ3n) is 4.59. The zero-order chi connectivity index (χ0) is 22.8. The Balaban J connectivity index is 1.57. The molecule has 0 fully saturated rings. The van der Waals surface area contributed by atoms with Crippen LogP contribution < -0.4 is 20.5 Å². The van der Waals surface area contributed by atoms with Gasteiger partial charge in [-0.15, -0.1) is 0 Å². The molecule has 0 spiro atoms. The zero-order valence-electron chi connectivity index (χ0n) is 17.7. The molecule has 4 rings (SSSR count). The van der Waals surface area contributed by atoms with Crippen LogP contribution in [0.25, 0.3) is 21.9 Å². The lowest BCUT2D eigenvalue weighted by Crippen LogP contribution is -2.18. The molecule has 0 amide bonds. The highest BCUT2D eigenvalue weighted by molar-refractivity contribution is 5.82. The van der Waals surface area contributed by atoms with Gasteiger partial charge in [-0.3, -0.25) is 4.79 Å². The van der Waals surface area contributed by atoms with Crippen molar-refractivity contribution in [1.29, 1.82) is 0 Å². The van der Waals surface area contributed by atoms with Crippen molar-refractivity contribution >= 4 is 27.9 Å². The van der Waals surface area contributed by atoms with Crippen molar-refractivity contribution < 1.29 is 27.8 Å². The van der Waals surface area contributed by atoms with E-state index in [1.54, 1.807) is 38.1 Å². The summed E-state index contributed by atoms with van der Waals surface area (Å²) >= 11 is 0. The minimum absolute atomic E-state index is 0.0268. The van der Waals surface area contributed by atoms with Crippen molar-refractivity contribution in [2.24, 2.45) is 0 Å². The van der Waals surface area contributed by atoms with Crippen molar-refractivity contribution in [3.8, 4) is 17.2 Å². The molecule has 164 valence electrons. The first-order valence-corrected chi connectivity index (χ1v) is 9.90. The van der Waals surface area contributed by atoms with Crippen LogP contribution in [0.15, 0.2) is 67.2 Å². The molecule has 2 heterocycles. The first-order valence-electron chi connectivity index (χ1n) is 9.90. The molecule has 0 atom stereocenters. The number of carbonyl (C=O) groups is 1. The summed E-state index contributed by atoms with van der Waals surface area (Å²) in [7, 11) is 0. The van der Waals surface area contributed by atoms with Gasteiger partial charge in [0, 0.05) is 23.6 Å². The summed E-state index contributed by atoms with van der Waals surface area (Å²) < 4.78 is 26.9. The predicted octanol–water partition coefficient (Wildman–Crippen LogP) is 4.33. The van der Waals surface area contributed by atoms with Gasteiger partial charge in [0.15, 0.2) is 6.61 Å². The van der Waals surface area contributed by atoms with E-state index >= 15 is 0 Å². The maximum absolute atomic E-state index is 12.8. The molecule has 0 radical (unpaired) electrons. The van der Waals surface area contributed by atoms with Crippen molar-refractivity contribution in [3.05, 3.63) is 74.9 Å². The summed E-state index contributed by atoms with van der Waals surface area (Å²) in [6.07, 6.45) is 0.958. The molecule has 0 aliphatic carbocycles. The van der Waals surface area contributed by atoms with Gasteiger partial charge in [0.25, 0.3) is 0 Å². The van der Waals surface area contributed by atoms with E-state index in [9.17, 15) is 14.4 Å². The summed E-state index contributed by atoms with van der Waals surface area (Å²) in [6, 6.07) is 11.0. The number of aryl methyl sites for hydroxylation is 1. The number of hydrogen-bond acceptors (Lipinski definition) is 8. The van der Waals surface area contributed by atoms with Gasteiger partial charge in [0.05, 0.1) is 11.5 Å². The minimum atomic E-state index is -0.494. The Morgan fingerprint density at radius 1 is 0.969 bits per heavy atom. The Labute approximate surface area is 181 Å². The molecule has 4 aromatic rings. The van der Waals surface area contributed by atoms with Crippen LogP contribution >= 0.6 is 0 Å². The Hall–Kier alpha value is -4.07. The molecule has 2 aromatic carbocycles. The molecule has 8 heteroatoms. The largest absolute Gasteiger partial charge is 0.482 e. The van der Waals surface area contributed by atoms with Crippen LogP contribution in [0.1, 0.15) is 19.4 Å². The van der Waals surface area contributed by atoms with Gasteiger partial charge >= 0.3 is 11.6 Å². The fourth-order valence-corrected chi connectivity index (χ4v) is 3.19. The number of carbonyl (C=O) groups excluding carboxylic acids is 1. The molecule has 0 N–H and O–H groups in total. The highest BCUT2D eigenvalue weighted by Crippen LogP contribution is 2.27. The van der Waals surface area contributed by atoms with Crippen molar-refractivity contribution in [1.82, 2.24) is 0 Å². The van der Waals surface area contributed by atoms with Crippen molar-refractivity contribution in [2.75, 3.05) is 6.61 Å². The normalized spacial score (nSPS) is 11.1. The topological polar surface area (TPSA) is 105 Å². The van der Waals surface area contributed by atoms with E-state index < -0.39 is 11.6 Å². The van der Waals surface area contributed by atoms with E-state index in [1.165, 1.54) is 24.5 Å². The van der Waals surface area contributed by atoms with Gasteiger partial charge in [-0.05, 0) is 50.6 Å². The Morgan fingerprint density at radius 2 is 1.69 bits per heavy atom. The van der Waals surface area contributed by atoms with E-state index in [0.717, 1.165) is 10.9 Å². The lowest BCUT2D eigenvalue weighted by Gasteiger charge is -2.10. The smallest absolute Gasteiger partial charge is 0.344 e. The maximum Gasteiger partial charge on any atom is 0.344 e. The second-order valence-electron chi connectivity index (χ2n) is 7.42. The molecule has 32 heavy (non-hydrogen) atoms. The van der Waals surface area contributed by atoms with Crippen molar-refractivity contribution in [3.63, 3.8) is 0 Å². The predicted molar refractivity (Wildman–Crippen MR) is 117 cm³/mol. The van der Waals surface area contributed by atoms with Gasteiger partial charge in [0.1, 0.15) is 28.9 Å². The summed E-state index contributed by atoms with van der Waals surface area (Å²) in [5.41, 5.74) is 0.562. The molecule has 8 nitrogen and oxygen atoms in total. The number of esters is 1. The van der Waals surface area contributed by atoms with Gasteiger partial charge in [-0.2, -0.15) is 0 Å². The van der Waals surface area contributed by atoms with E-state index in [0.29, 0.717) is 17.1 Å². The molecule has 0 saturated carbocycles. The number of fused-ring (bicyclic) bond motifs is 2. The summed E-state index contributed by atoms with van der Waals surface area (Å²) in [4.78, 5) is 36.1. The van der Waals surface area contributed by atoms with Crippen LogP contribution in [0.4, 0.5) is 0 Å². The van der Waals surface area contributed by atoms with Gasteiger partial charge in [-0.1, -0.05) is 0 Å². The molecule has 0 unspecified atom stereocenters. The Morgan fingerprint density at radius 3 is 2.47 bits per heavy atom. The quantitative estimate of drug-likeness (QED) is 0.325. The molecule has 2 aromatic heterocycles. The van der Waals surface area contributed by atoms with E-state index in [2.05, 4.69) is 0 Å². The highest BCUT2D eigenvalue weighted by atomic mass is 16.6. The third-order valence-corrected chi connectivity index (χ3v) is 4.59.